The zero-order chi connectivity index (χ0) is 18.7. The minimum absolute atomic E-state index is 0.176. The van der Waals surface area contributed by atoms with Crippen LogP contribution in [0.4, 0.5) is 11.5 Å². The maximum Gasteiger partial charge on any atom is 0.256 e. The number of carbonyl (C=O) groups excluding carboxylic acids is 2. The van der Waals surface area contributed by atoms with Gasteiger partial charge in [0.15, 0.2) is 0 Å². The van der Waals surface area contributed by atoms with Gasteiger partial charge in [0.25, 0.3) is 5.91 Å². The first kappa shape index (κ1) is 18.1. The quantitative estimate of drug-likeness (QED) is 0.657. The number of anilines is 2. The number of nitrogens with one attached hydrogen (secondary N) is 3. The molecule has 1 aromatic heterocycles. The second-order valence-electron chi connectivity index (χ2n) is 6.55. The van der Waals surface area contributed by atoms with Gasteiger partial charge in [0.2, 0.25) is 5.91 Å². The highest BCUT2D eigenvalue weighted by atomic mass is 16.3. The molecule has 4 N–H and O–H groups in total. The molecule has 8 nitrogen and oxygen atoms in total. The minimum atomic E-state index is -1.33. The normalized spacial score (nSPS) is 16.1. The van der Waals surface area contributed by atoms with Gasteiger partial charge >= 0.3 is 0 Å². The number of hydrogen-bond donors (Lipinski definition) is 4. The van der Waals surface area contributed by atoms with Gasteiger partial charge in [0.1, 0.15) is 11.4 Å². The van der Waals surface area contributed by atoms with Crippen LogP contribution in [0, 0.1) is 6.92 Å². The van der Waals surface area contributed by atoms with Crippen molar-refractivity contribution in [1.82, 2.24) is 15.1 Å². The van der Waals surface area contributed by atoms with Crippen LogP contribution in [0.3, 0.4) is 0 Å². The summed E-state index contributed by atoms with van der Waals surface area (Å²) in [6.45, 7) is 4.52. The molecule has 3 rings (SSSR count). The van der Waals surface area contributed by atoms with E-state index in [2.05, 4.69) is 21.0 Å². The molecule has 0 atom stereocenters. The van der Waals surface area contributed by atoms with Crippen molar-refractivity contribution in [1.29, 1.82) is 0 Å². The summed E-state index contributed by atoms with van der Waals surface area (Å²) in [5, 5.41) is 23.5. The molecule has 1 aliphatic rings. The van der Waals surface area contributed by atoms with Gasteiger partial charge in [-0.3, -0.25) is 9.59 Å². The Morgan fingerprint density at radius 3 is 2.46 bits per heavy atom. The summed E-state index contributed by atoms with van der Waals surface area (Å²) in [5.41, 5.74) is 0.789. The van der Waals surface area contributed by atoms with Crippen molar-refractivity contribution in [3.63, 3.8) is 0 Å². The Bertz CT molecular complexity index is 807. The topological polar surface area (TPSA) is 108 Å². The summed E-state index contributed by atoms with van der Waals surface area (Å²) < 4.78 is 1.63. The lowest BCUT2D eigenvalue weighted by Gasteiger charge is -2.31. The van der Waals surface area contributed by atoms with Gasteiger partial charge in [-0.15, -0.1) is 0 Å². The number of aromatic nitrogens is 2. The van der Waals surface area contributed by atoms with E-state index in [-0.39, 0.29) is 11.8 Å². The van der Waals surface area contributed by atoms with E-state index in [0.717, 1.165) is 11.4 Å². The molecule has 2 amide bonds. The lowest BCUT2D eigenvalue weighted by molar-refractivity contribution is -0.136. The summed E-state index contributed by atoms with van der Waals surface area (Å²) in [7, 11) is 0. The summed E-state index contributed by atoms with van der Waals surface area (Å²) in [5.74, 6) is 0.0154. The number of hydrogen-bond acceptors (Lipinski definition) is 5. The fourth-order valence-electron chi connectivity index (χ4n) is 2.97. The number of amides is 2. The first-order valence-electron chi connectivity index (χ1n) is 8.57. The maximum absolute atomic E-state index is 12.4. The standard InChI is InChI=1S/C18H23N5O3/c1-12-11-16(20-13(2)24)23(22-12)15-5-3-14(4-6-15)21-17(25)18(26)7-9-19-10-8-18/h3-6,11,19,26H,7-10H2,1-2H3,(H,20,24)(H,21,25). The van der Waals surface area contributed by atoms with Crippen LogP contribution in [0.1, 0.15) is 25.5 Å². The third-order valence-corrected chi connectivity index (χ3v) is 4.36. The average Bonchev–Trinajstić information content (AvgIpc) is 2.95. The van der Waals surface area contributed by atoms with Crippen molar-refractivity contribution >= 4 is 23.3 Å². The molecule has 1 aliphatic heterocycles. The van der Waals surface area contributed by atoms with Crippen LogP contribution in [0.15, 0.2) is 30.3 Å². The van der Waals surface area contributed by atoms with Crippen molar-refractivity contribution in [3.8, 4) is 5.69 Å². The Labute approximate surface area is 151 Å². The Hall–Kier alpha value is -2.71. The molecule has 1 saturated heterocycles. The number of nitrogens with zero attached hydrogens (tertiary/aromatic N) is 2. The molecule has 8 heteroatoms. The third-order valence-electron chi connectivity index (χ3n) is 4.36. The van der Waals surface area contributed by atoms with Crippen LogP contribution in [-0.2, 0) is 9.59 Å². The summed E-state index contributed by atoms with van der Waals surface area (Å²) in [6.07, 6.45) is 0.785. The van der Waals surface area contributed by atoms with E-state index in [4.69, 9.17) is 0 Å². The van der Waals surface area contributed by atoms with Gasteiger partial charge in [-0.2, -0.15) is 5.10 Å². The van der Waals surface area contributed by atoms with Gasteiger partial charge < -0.3 is 21.1 Å². The molecular weight excluding hydrogens is 334 g/mol. The van der Waals surface area contributed by atoms with E-state index < -0.39 is 5.60 Å². The lowest BCUT2D eigenvalue weighted by atomic mass is 9.91. The van der Waals surface area contributed by atoms with Crippen molar-refractivity contribution in [2.75, 3.05) is 23.7 Å². The van der Waals surface area contributed by atoms with Gasteiger partial charge in [-0.25, -0.2) is 4.68 Å². The number of rotatable bonds is 4. The van der Waals surface area contributed by atoms with Crippen molar-refractivity contribution in [3.05, 3.63) is 36.0 Å². The molecule has 2 heterocycles. The number of aliphatic hydroxyl groups is 1. The SMILES string of the molecule is CC(=O)Nc1cc(C)nn1-c1ccc(NC(=O)C2(O)CCNCC2)cc1. The Kier molecular flexibility index (Phi) is 5.06. The van der Waals surface area contributed by atoms with Crippen LogP contribution in [0.2, 0.25) is 0 Å². The molecular formula is C18H23N5O3. The predicted molar refractivity (Wildman–Crippen MR) is 98.3 cm³/mol. The summed E-state index contributed by atoms with van der Waals surface area (Å²) >= 11 is 0. The van der Waals surface area contributed by atoms with Crippen molar-refractivity contribution in [2.24, 2.45) is 0 Å². The van der Waals surface area contributed by atoms with Crippen LogP contribution in [0.5, 0.6) is 0 Å². The molecule has 0 bridgehead atoms. The molecule has 138 valence electrons. The number of piperidine rings is 1. The van der Waals surface area contributed by atoms with Gasteiger partial charge in [-0.1, -0.05) is 0 Å². The molecule has 0 saturated carbocycles. The van der Waals surface area contributed by atoms with Crippen LogP contribution < -0.4 is 16.0 Å². The van der Waals surface area contributed by atoms with E-state index in [9.17, 15) is 14.7 Å². The lowest BCUT2D eigenvalue weighted by Crippen LogP contribution is -2.50. The molecule has 0 aliphatic carbocycles. The molecule has 0 unspecified atom stereocenters. The monoisotopic (exact) mass is 357 g/mol. The molecule has 0 spiro atoms. The summed E-state index contributed by atoms with van der Waals surface area (Å²) in [6, 6.07) is 8.85. The fourth-order valence-corrected chi connectivity index (χ4v) is 2.97. The predicted octanol–water partition coefficient (Wildman–Crippen LogP) is 1.19. The second kappa shape index (κ2) is 7.27. The molecule has 2 aromatic rings. The Morgan fingerprint density at radius 2 is 1.85 bits per heavy atom. The molecule has 0 radical (unpaired) electrons. The zero-order valence-electron chi connectivity index (χ0n) is 14.9. The Balaban J connectivity index is 1.75. The Morgan fingerprint density at radius 1 is 1.19 bits per heavy atom. The second-order valence-corrected chi connectivity index (χ2v) is 6.55. The van der Waals surface area contributed by atoms with Crippen LogP contribution in [-0.4, -0.2) is 45.4 Å². The smallest absolute Gasteiger partial charge is 0.256 e. The number of aryl methyl sites for hydroxylation is 1. The van der Waals surface area contributed by atoms with Gasteiger partial charge in [0.05, 0.1) is 11.4 Å². The fraction of sp³-hybridized carbons (Fsp3) is 0.389. The average molecular weight is 357 g/mol. The highest BCUT2D eigenvalue weighted by Gasteiger charge is 2.37. The third kappa shape index (κ3) is 3.92. The number of benzene rings is 1. The molecule has 26 heavy (non-hydrogen) atoms. The molecule has 1 aromatic carbocycles. The highest BCUT2D eigenvalue weighted by molar-refractivity contribution is 5.97. The van der Waals surface area contributed by atoms with E-state index in [1.54, 1.807) is 35.0 Å². The van der Waals surface area contributed by atoms with Gasteiger partial charge in [-0.05, 0) is 57.1 Å². The maximum atomic E-state index is 12.4. The first-order chi connectivity index (χ1) is 12.4. The van der Waals surface area contributed by atoms with E-state index in [0.29, 0.717) is 37.4 Å². The van der Waals surface area contributed by atoms with E-state index in [1.165, 1.54) is 6.92 Å². The van der Waals surface area contributed by atoms with Crippen LogP contribution >= 0.6 is 0 Å². The van der Waals surface area contributed by atoms with E-state index >= 15 is 0 Å². The molecule has 1 fully saturated rings. The van der Waals surface area contributed by atoms with Crippen LogP contribution in [0.25, 0.3) is 5.69 Å². The first-order valence-corrected chi connectivity index (χ1v) is 8.57. The zero-order valence-corrected chi connectivity index (χ0v) is 14.9. The number of carbonyl (C=O) groups is 2. The largest absolute Gasteiger partial charge is 0.380 e. The van der Waals surface area contributed by atoms with Gasteiger partial charge in [0, 0.05) is 18.7 Å². The van der Waals surface area contributed by atoms with E-state index in [1.807, 2.05) is 6.92 Å². The minimum Gasteiger partial charge on any atom is -0.380 e. The van der Waals surface area contributed by atoms with Crippen molar-refractivity contribution in [2.45, 2.75) is 32.3 Å². The van der Waals surface area contributed by atoms with Crippen molar-refractivity contribution < 1.29 is 14.7 Å². The summed E-state index contributed by atoms with van der Waals surface area (Å²) in [4.78, 5) is 23.7. The highest BCUT2D eigenvalue weighted by Crippen LogP contribution is 2.22.